The fourth-order valence-corrected chi connectivity index (χ4v) is 1.71. The Morgan fingerprint density at radius 1 is 1.29 bits per heavy atom. The molecule has 2 atom stereocenters. The van der Waals surface area contributed by atoms with E-state index in [4.69, 9.17) is 5.73 Å². The number of nitrogens with two attached hydrogens (primary N) is 1. The highest BCUT2D eigenvalue weighted by Gasteiger charge is 2.21. The first-order valence-corrected chi connectivity index (χ1v) is 5.81. The van der Waals surface area contributed by atoms with Crippen molar-refractivity contribution in [3.05, 3.63) is 0 Å². The maximum absolute atomic E-state index is 9.31. The molecule has 0 spiro atoms. The van der Waals surface area contributed by atoms with Gasteiger partial charge in [0.15, 0.2) is 0 Å². The molecule has 0 fully saturated rings. The molecule has 0 aromatic rings. The number of hydrogen-bond donors (Lipinski definition) is 2. The van der Waals surface area contributed by atoms with Crippen molar-refractivity contribution in [2.75, 3.05) is 19.7 Å². The minimum absolute atomic E-state index is 0.0943. The van der Waals surface area contributed by atoms with Crippen LogP contribution < -0.4 is 5.73 Å². The van der Waals surface area contributed by atoms with Gasteiger partial charge >= 0.3 is 0 Å². The predicted molar refractivity (Wildman–Crippen MR) is 61.3 cm³/mol. The zero-order chi connectivity index (χ0) is 11.0. The van der Waals surface area contributed by atoms with Gasteiger partial charge in [-0.3, -0.25) is 4.90 Å². The molecule has 0 aliphatic rings. The van der Waals surface area contributed by atoms with Gasteiger partial charge < -0.3 is 10.8 Å². The Bertz CT molecular complexity index is 130. The van der Waals surface area contributed by atoms with Crippen LogP contribution in [0.25, 0.3) is 0 Å². The van der Waals surface area contributed by atoms with Crippen LogP contribution >= 0.6 is 0 Å². The molecule has 0 rings (SSSR count). The fraction of sp³-hybridized carbons (Fsp3) is 1.00. The van der Waals surface area contributed by atoms with E-state index < -0.39 is 0 Å². The molecule has 0 radical (unpaired) electrons. The summed E-state index contributed by atoms with van der Waals surface area (Å²) < 4.78 is 0. The molecule has 14 heavy (non-hydrogen) atoms. The van der Waals surface area contributed by atoms with Crippen molar-refractivity contribution in [3.63, 3.8) is 0 Å². The average Bonchev–Trinajstić information content (AvgIpc) is 2.23. The van der Waals surface area contributed by atoms with Crippen LogP contribution in [0.5, 0.6) is 0 Å². The standard InChI is InChI=1S/C11H26N2O/c1-4-7-8-13(6-3)11(9-14)10(12)5-2/h10-11,14H,4-9,12H2,1-3H3. The van der Waals surface area contributed by atoms with Crippen LogP contribution in [0.2, 0.25) is 0 Å². The van der Waals surface area contributed by atoms with Crippen LogP contribution in [-0.2, 0) is 0 Å². The molecule has 0 amide bonds. The summed E-state index contributed by atoms with van der Waals surface area (Å²) in [6, 6.07) is 0.230. The van der Waals surface area contributed by atoms with Crippen LogP contribution in [0.1, 0.15) is 40.0 Å². The summed E-state index contributed by atoms with van der Waals surface area (Å²) in [7, 11) is 0. The van der Waals surface area contributed by atoms with E-state index in [2.05, 4.69) is 25.7 Å². The molecule has 0 aliphatic carbocycles. The van der Waals surface area contributed by atoms with E-state index in [0.717, 1.165) is 19.5 Å². The maximum atomic E-state index is 9.31. The minimum Gasteiger partial charge on any atom is -0.395 e. The third kappa shape index (κ3) is 4.40. The minimum atomic E-state index is 0.0943. The SMILES string of the molecule is CCCCN(CC)C(CO)C(N)CC. The van der Waals surface area contributed by atoms with Crippen molar-refractivity contribution < 1.29 is 5.11 Å². The molecule has 0 bridgehead atoms. The molecular weight excluding hydrogens is 176 g/mol. The van der Waals surface area contributed by atoms with E-state index in [-0.39, 0.29) is 18.7 Å². The van der Waals surface area contributed by atoms with E-state index in [9.17, 15) is 5.11 Å². The second-order valence-electron chi connectivity index (χ2n) is 3.80. The number of aliphatic hydroxyl groups is 1. The summed E-state index contributed by atoms with van der Waals surface area (Å²) >= 11 is 0. The van der Waals surface area contributed by atoms with Crippen molar-refractivity contribution in [1.82, 2.24) is 4.90 Å². The molecule has 2 unspecified atom stereocenters. The first kappa shape index (κ1) is 13.9. The summed E-state index contributed by atoms with van der Waals surface area (Å²) in [5.41, 5.74) is 5.97. The zero-order valence-electron chi connectivity index (χ0n) is 9.87. The normalized spacial score (nSPS) is 15.9. The molecule has 0 aliphatic heterocycles. The van der Waals surface area contributed by atoms with Gasteiger partial charge in [0.25, 0.3) is 0 Å². The first-order chi connectivity index (χ1) is 6.71. The van der Waals surface area contributed by atoms with E-state index in [1.165, 1.54) is 12.8 Å². The quantitative estimate of drug-likeness (QED) is 0.622. The van der Waals surface area contributed by atoms with Gasteiger partial charge in [0.05, 0.1) is 6.61 Å². The molecular formula is C11H26N2O. The Hall–Kier alpha value is -0.120. The van der Waals surface area contributed by atoms with Crippen molar-refractivity contribution in [3.8, 4) is 0 Å². The Morgan fingerprint density at radius 2 is 1.93 bits per heavy atom. The number of unbranched alkanes of at least 4 members (excludes halogenated alkanes) is 1. The molecule has 0 saturated heterocycles. The zero-order valence-corrected chi connectivity index (χ0v) is 9.87. The third-order valence-corrected chi connectivity index (χ3v) is 2.83. The van der Waals surface area contributed by atoms with E-state index in [1.54, 1.807) is 0 Å². The molecule has 0 aromatic carbocycles. The number of aliphatic hydroxyl groups excluding tert-OH is 1. The van der Waals surface area contributed by atoms with Gasteiger partial charge in [-0.2, -0.15) is 0 Å². The first-order valence-electron chi connectivity index (χ1n) is 5.81. The summed E-state index contributed by atoms with van der Waals surface area (Å²) in [5.74, 6) is 0. The molecule has 3 nitrogen and oxygen atoms in total. The highest BCUT2D eigenvalue weighted by atomic mass is 16.3. The lowest BCUT2D eigenvalue weighted by Crippen LogP contribution is -2.50. The monoisotopic (exact) mass is 202 g/mol. The lowest BCUT2D eigenvalue weighted by molar-refractivity contribution is 0.106. The fourth-order valence-electron chi connectivity index (χ4n) is 1.71. The lowest BCUT2D eigenvalue weighted by Gasteiger charge is -2.33. The number of nitrogens with zero attached hydrogens (tertiary/aromatic N) is 1. The Kier molecular flexibility index (Phi) is 8.14. The summed E-state index contributed by atoms with van der Waals surface area (Å²) in [5, 5.41) is 9.31. The Morgan fingerprint density at radius 3 is 2.29 bits per heavy atom. The summed E-state index contributed by atoms with van der Waals surface area (Å²) in [6.07, 6.45) is 3.30. The van der Waals surface area contributed by atoms with Gasteiger partial charge in [-0.25, -0.2) is 0 Å². The van der Waals surface area contributed by atoms with Crippen LogP contribution in [-0.4, -0.2) is 41.8 Å². The lowest BCUT2D eigenvalue weighted by atomic mass is 10.1. The van der Waals surface area contributed by atoms with Crippen molar-refractivity contribution >= 4 is 0 Å². The summed E-state index contributed by atoms with van der Waals surface area (Å²) in [6.45, 7) is 8.57. The second kappa shape index (κ2) is 8.21. The Balaban J connectivity index is 4.13. The predicted octanol–water partition coefficient (Wildman–Crippen LogP) is 1.21. The van der Waals surface area contributed by atoms with Gasteiger partial charge in [0.1, 0.15) is 0 Å². The van der Waals surface area contributed by atoms with Crippen LogP contribution in [0, 0.1) is 0 Å². The molecule has 0 aromatic heterocycles. The maximum Gasteiger partial charge on any atom is 0.0601 e. The molecule has 86 valence electrons. The van der Waals surface area contributed by atoms with Gasteiger partial charge in [0.2, 0.25) is 0 Å². The highest BCUT2D eigenvalue weighted by Crippen LogP contribution is 2.07. The van der Waals surface area contributed by atoms with E-state index >= 15 is 0 Å². The van der Waals surface area contributed by atoms with Crippen LogP contribution in [0.15, 0.2) is 0 Å². The van der Waals surface area contributed by atoms with Crippen molar-refractivity contribution in [1.29, 1.82) is 0 Å². The second-order valence-corrected chi connectivity index (χ2v) is 3.80. The van der Waals surface area contributed by atoms with Gasteiger partial charge in [-0.1, -0.05) is 27.2 Å². The highest BCUT2D eigenvalue weighted by molar-refractivity contribution is 4.80. The van der Waals surface area contributed by atoms with Crippen molar-refractivity contribution in [2.45, 2.75) is 52.1 Å². The van der Waals surface area contributed by atoms with E-state index in [1.807, 2.05) is 0 Å². The average molecular weight is 202 g/mol. The van der Waals surface area contributed by atoms with Crippen LogP contribution in [0.3, 0.4) is 0 Å². The molecule has 0 heterocycles. The van der Waals surface area contributed by atoms with Gasteiger partial charge in [0, 0.05) is 12.1 Å². The Labute approximate surface area is 88.3 Å². The number of hydrogen-bond acceptors (Lipinski definition) is 3. The van der Waals surface area contributed by atoms with Crippen molar-refractivity contribution in [2.24, 2.45) is 5.73 Å². The van der Waals surface area contributed by atoms with E-state index in [0.29, 0.717) is 0 Å². The third-order valence-electron chi connectivity index (χ3n) is 2.83. The smallest absolute Gasteiger partial charge is 0.0601 e. The molecule has 3 heteroatoms. The van der Waals surface area contributed by atoms with Gasteiger partial charge in [-0.15, -0.1) is 0 Å². The molecule has 3 N–H and O–H groups in total. The summed E-state index contributed by atoms with van der Waals surface area (Å²) in [4.78, 5) is 2.29. The van der Waals surface area contributed by atoms with Gasteiger partial charge in [-0.05, 0) is 25.9 Å². The molecule has 0 saturated carbocycles. The van der Waals surface area contributed by atoms with Crippen LogP contribution in [0.4, 0.5) is 0 Å². The number of rotatable bonds is 8. The topological polar surface area (TPSA) is 49.5 Å². The largest absolute Gasteiger partial charge is 0.395 e. The number of likely N-dealkylation sites (N-methyl/N-ethyl adjacent to an activating group) is 1.